The van der Waals surface area contributed by atoms with Crippen LogP contribution in [0.4, 0.5) is 0 Å². The van der Waals surface area contributed by atoms with Crippen LogP contribution in [0.25, 0.3) is 22.6 Å². The second kappa shape index (κ2) is 4.95. The number of hydrogen-bond donors (Lipinski definition) is 0. The first kappa shape index (κ1) is 13.2. The minimum absolute atomic E-state index is 0.480. The molecule has 0 saturated carbocycles. The highest BCUT2D eigenvalue weighted by Crippen LogP contribution is 2.29. The molecule has 0 saturated heterocycles. The summed E-state index contributed by atoms with van der Waals surface area (Å²) in [5.41, 5.74) is 4.92. The molecular formula is C17H16ClNO. The van der Waals surface area contributed by atoms with Gasteiger partial charge >= 0.3 is 0 Å². The van der Waals surface area contributed by atoms with Crippen LogP contribution >= 0.6 is 11.6 Å². The van der Waals surface area contributed by atoms with Gasteiger partial charge in [0.05, 0.1) is 0 Å². The molecule has 0 aliphatic rings. The standard InChI is InChI=1S/C17H16ClNO/c1-10(2)12-6-7-16-15(9-12)19-17(20-16)13-5-4-11(3)14(18)8-13/h4-10H,1-3H3. The van der Waals surface area contributed by atoms with Crippen molar-refractivity contribution < 1.29 is 4.42 Å². The summed E-state index contributed by atoms with van der Waals surface area (Å²) < 4.78 is 5.81. The summed E-state index contributed by atoms with van der Waals surface area (Å²) in [6.07, 6.45) is 0. The van der Waals surface area contributed by atoms with Crippen LogP contribution in [-0.4, -0.2) is 4.98 Å². The van der Waals surface area contributed by atoms with Gasteiger partial charge in [-0.1, -0.05) is 37.6 Å². The number of aryl methyl sites for hydroxylation is 1. The third kappa shape index (κ3) is 2.32. The number of fused-ring (bicyclic) bond motifs is 1. The van der Waals surface area contributed by atoms with Gasteiger partial charge in [0.2, 0.25) is 5.89 Å². The number of oxazole rings is 1. The highest BCUT2D eigenvalue weighted by molar-refractivity contribution is 6.31. The highest BCUT2D eigenvalue weighted by Gasteiger charge is 2.10. The van der Waals surface area contributed by atoms with Crippen molar-refractivity contribution in [1.82, 2.24) is 4.98 Å². The molecule has 1 aromatic heterocycles. The number of halogens is 1. The normalized spacial score (nSPS) is 11.4. The van der Waals surface area contributed by atoms with E-state index in [1.54, 1.807) is 0 Å². The molecule has 20 heavy (non-hydrogen) atoms. The van der Waals surface area contributed by atoms with E-state index in [-0.39, 0.29) is 0 Å². The van der Waals surface area contributed by atoms with Gasteiger partial charge in [0.1, 0.15) is 5.52 Å². The molecule has 0 bridgehead atoms. The van der Waals surface area contributed by atoms with Crippen molar-refractivity contribution in [3.63, 3.8) is 0 Å². The summed E-state index contributed by atoms with van der Waals surface area (Å²) >= 11 is 6.16. The van der Waals surface area contributed by atoms with Gasteiger partial charge in [0.25, 0.3) is 0 Å². The largest absolute Gasteiger partial charge is 0.436 e. The predicted octanol–water partition coefficient (Wildman–Crippen LogP) is 5.58. The lowest BCUT2D eigenvalue weighted by Gasteiger charge is -2.02. The number of benzene rings is 2. The number of hydrogen-bond acceptors (Lipinski definition) is 2. The topological polar surface area (TPSA) is 26.0 Å². The Hall–Kier alpha value is -1.80. The molecule has 0 fully saturated rings. The van der Waals surface area contributed by atoms with Gasteiger partial charge in [-0.25, -0.2) is 4.98 Å². The van der Waals surface area contributed by atoms with Crippen molar-refractivity contribution in [2.75, 3.05) is 0 Å². The number of rotatable bonds is 2. The molecule has 0 spiro atoms. The molecule has 2 nitrogen and oxygen atoms in total. The summed E-state index contributed by atoms with van der Waals surface area (Å²) in [5, 5.41) is 0.729. The van der Waals surface area contributed by atoms with E-state index in [0.29, 0.717) is 11.8 Å². The van der Waals surface area contributed by atoms with Crippen LogP contribution in [-0.2, 0) is 0 Å². The summed E-state index contributed by atoms with van der Waals surface area (Å²) in [4.78, 5) is 4.57. The first-order valence-electron chi connectivity index (χ1n) is 6.71. The van der Waals surface area contributed by atoms with E-state index in [4.69, 9.17) is 16.0 Å². The first-order valence-corrected chi connectivity index (χ1v) is 7.09. The quantitative estimate of drug-likeness (QED) is 0.614. The van der Waals surface area contributed by atoms with E-state index >= 15 is 0 Å². The monoisotopic (exact) mass is 285 g/mol. The molecule has 3 aromatic rings. The molecule has 0 radical (unpaired) electrons. The van der Waals surface area contributed by atoms with Gasteiger partial charge in [0.15, 0.2) is 5.58 Å². The Labute approximate surface area is 123 Å². The molecule has 0 aliphatic heterocycles. The predicted molar refractivity (Wildman–Crippen MR) is 83.3 cm³/mol. The molecule has 3 heteroatoms. The van der Waals surface area contributed by atoms with Crippen LogP contribution in [0.5, 0.6) is 0 Å². The minimum Gasteiger partial charge on any atom is -0.436 e. The molecule has 0 unspecified atom stereocenters. The summed E-state index contributed by atoms with van der Waals surface area (Å²) in [6.45, 7) is 6.32. The van der Waals surface area contributed by atoms with Crippen molar-refractivity contribution in [2.24, 2.45) is 0 Å². The van der Waals surface area contributed by atoms with E-state index < -0.39 is 0 Å². The molecule has 0 atom stereocenters. The molecule has 0 aliphatic carbocycles. The lowest BCUT2D eigenvalue weighted by Crippen LogP contribution is -1.85. The van der Waals surface area contributed by atoms with Gasteiger partial charge < -0.3 is 4.42 Å². The van der Waals surface area contributed by atoms with Gasteiger partial charge in [-0.05, 0) is 48.2 Å². The van der Waals surface area contributed by atoms with E-state index in [2.05, 4.69) is 31.0 Å². The molecular weight excluding hydrogens is 270 g/mol. The van der Waals surface area contributed by atoms with Gasteiger partial charge in [-0.3, -0.25) is 0 Å². The van der Waals surface area contributed by atoms with Crippen molar-refractivity contribution in [3.05, 3.63) is 52.5 Å². The van der Waals surface area contributed by atoms with Crippen molar-refractivity contribution >= 4 is 22.7 Å². The maximum absolute atomic E-state index is 6.16. The molecule has 0 amide bonds. The van der Waals surface area contributed by atoms with E-state index in [9.17, 15) is 0 Å². The Morgan fingerprint density at radius 3 is 2.60 bits per heavy atom. The molecule has 3 rings (SSSR count). The van der Waals surface area contributed by atoms with Gasteiger partial charge in [0, 0.05) is 10.6 Å². The number of nitrogens with zero attached hydrogens (tertiary/aromatic N) is 1. The maximum atomic E-state index is 6.16. The lowest BCUT2D eigenvalue weighted by molar-refractivity contribution is 0.619. The van der Waals surface area contributed by atoms with Crippen molar-refractivity contribution in [3.8, 4) is 11.5 Å². The Bertz CT molecular complexity index is 774. The molecule has 2 aromatic carbocycles. The van der Waals surface area contributed by atoms with E-state index in [0.717, 1.165) is 27.2 Å². The third-order valence-corrected chi connectivity index (χ3v) is 3.90. The van der Waals surface area contributed by atoms with Crippen LogP contribution in [0.1, 0.15) is 30.9 Å². The Balaban J connectivity index is 2.10. The minimum atomic E-state index is 0.480. The van der Waals surface area contributed by atoms with Crippen molar-refractivity contribution in [2.45, 2.75) is 26.7 Å². The maximum Gasteiger partial charge on any atom is 0.227 e. The highest BCUT2D eigenvalue weighted by atomic mass is 35.5. The average Bonchev–Trinajstić information content (AvgIpc) is 2.84. The zero-order valence-corrected chi connectivity index (χ0v) is 12.5. The zero-order chi connectivity index (χ0) is 14.3. The van der Waals surface area contributed by atoms with Crippen LogP contribution in [0, 0.1) is 6.92 Å². The summed E-state index contributed by atoms with van der Waals surface area (Å²) in [7, 11) is 0. The lowest BCUT2D eigenvalue weighted by atomic mass is 10.0. The first-order chi connectivity index (χ1) is 9.54. The fourth-order valence-corrected chi connectivity index (χ4v) is 2.33. The summed E-state index contributed by atoms with van der Waals surface area (Å²) in [6, 6.07) is 12.0. The SMILES string of the molecule is Cc1ccc(-c2nc3cc(C(C)C)ccc3o2)cc1Cl. The zero-order valence-electron chi connectivity index (χ0n) is 11.8. The Kier molecular flexibility index (Phi) is 3.27. The average molecular weight is 286 g/mol. The fraction of sp³-hybridized carbons (Fsp3) is 0.235. The number of aromatic nitrogens is 1. The third-order valence-electron chi connectivity index (χ3n) is 3.50. The molecule has 0 N–H and O–H groups in total. The van der Waals surface area contributed by atoms with Crippen LogP contribution in [0.15, 0.2) is 40.8 Å². The van der Waals surface area contributed by atoms with Crippen LogP contribution in [0.2, 0.25) is 5.02 Å². The van der Waals surface area contributed by atoms with Crippen LogP contribution in [0.3, 0.4) is 0 Å². The van der Waals surface area contributed by atoms with Gasteiger partial charge in [-0.2, -0.15) is 0 Å². The van der Waals surface area contributed by atoms with Crippen molar-refractivity contribution in [1.29, 1.82) is 0 Å². The second-order valence-corrected chi connectivity index (χ2v) is 5.77. The molecule has 1 heterocycles. The molecule has 102 valence electrons. The smallest absolute Gasteiger partial charge is 0.227 e. The second-order valence-electron chi connectivity index (χ2n) is 5.36. The Morgan fingerprint density at radius 2 is 1.90 bits per heavy atom. The van der Waals surface area contributed by atoms with E-state index in [1.807, 2.05) is 31.2 Å². The van der Waals surface area contributed by atoms with Gasteiger partial charge in [-0.15, -0.1) is 0 Å². The summed E-state index contributed by atoms with van der Waals surface area (Å²) in [5.74, 6) is 1.09. The van der Waals surface area contributed by atoms with Crippen LogP contribution < -0.4 is 0 Å². The van der Waals surface area contributed by atoms with E-state index in [1.165, 1.54) is 5.56 Å². The fourth-order valence-electron chi connectivity index (χ4n) is 2.15. The Morgan fingerprint density at radius 1 is 1.10 bits per heavy atom.